The Labute approximate surface area is 125 Å². The maximum absolute atomic E-state index is 4.83. The van der Waals surface area contributed by atoms with Crippen molar-refractivity contribution in [3.8, 4) is 0 Å². The van der Waals surface area contributed by atoms with Crippen LogP contribution in [-0.4, -0.2) is 61.1 Å². The van der Waals surface area contributed by atoms with Gasteiger partial charge >= 0.3 is 0 Å². The van der Waals surface area contributed by atoms with Gasteiger partial charge < -0.3 is 10.2 Å². The fourth-order valence-corrected chi connectivity index (χ4v) is 2.87. The number of nitrogens with one attached hydrogen (secondary N) is 1. The predicted octanol–water partition coefficient (Wildman–Crippen LogP) is 2.41. The molecule has 4 heteroatoms. The van der Waals surface area contributed by atoms with Crippen LogP contribution < -0.4 is 5.32 Å². The second kappa shape index (κ2) is 9.22. The number of likely N-dealkylation sites (N-methyl/N-ethyl adjacent to an activating group) is 1. The maximum Gasteiger partial charge on any atom is 0.193 e. The molecule has 0 aromatic carbocycles. The lowest BCUT2D eigenvalue weighted by Crippen LogP contribution is -2.46. The number of rotatable bonds is 6. The van der Waals surface area contributed by atoms with Crippen LogP contribution in [0.25, 0.3) is 0 Å². The highest BCUT2D eigenvalue weighted by molar-refractivity contribution is 5.80. The van der Waals surface area contributed by atoms with Crippen molar-refractivity contribution in [3.05, 3.63) is 0 Å². The van der Waals surface area contributed by atoms with Crippen LogP contribution in [-0.2, 0) is 0 Å². The first kappa shape index (κ1) is 17.3. The molecule has 0 saturated carbocycles. The fourth-order valence-electron chi connectivity index (χ4n) is 2.87. The Hall–Kier alpha value is -0.770. The van der Waals surface area contributed by atoms with Gasteiger partial charge in [0.05, 0.1) is 6.54 Å². The van der Waals surface area contributed by atoms with Crippen LogP contribution in [0.15, 0.2) is 4.99 Å². The molecule has 1 aliphatic rings. The molecule has 0 aromatic rings. The van der Waals surface area contributed by atoms with Crippen LogP contribution >= 0.6 is 0 Å². The summed E-state index contributed by atoms with van der Waals surface area (Å²) in [6, 6.07) is 0.604. The van der Waals surface area contributed by atoms with E-state index in [9.17, 15) is 0 Å². The van der Waals surface area contributed by atoms with E-state index in [4.69, 9.17) is 4.99 Å². The van der Waals surface area contributed by atoms with Gasteiger partial charge in [0.1, 0.15) is 0 Å². The van der Waals surface area contributed by atoms with Gasteiger partial charge in [0, 0.05) is 32.2 Å². The van der Waals surface area contributed by atoms with E-state index in [0.29, 0.717) is 6.04 Å². The molecule has 0 bridgehead atoms. The minimum Gasteiger partial charge on any atom is -0.357 e. The first-order chi connectivity index (χ1) is 9.58. The molecule has 4 nitrogen and oxygen atoms in total. The van der Waals surface area contributed by atoms with E-state index >= 15 is 0 Å². The summed E-state index contributed by atoms with van der Waals surface area (Å²) in [6.07, 6.45) is 2.64. The average molecular weight is 282 g/mol. The Bertz CT molecular complexity index is 288. The molecule has 1 atom stereocenters. The Morgan fingerprint density at radius 2 is 2.15 bits per heavy atom. The number of likely N-dealkylation sites (tertiary alicyclic amines) is 1. The summed E-state index contributed by atoms with van der Waals surface area (Å²) >= 11 is 0. The minimum atomic E-state index is 0.604. The predicted molar refractivity (Wildman–Crippen MR) is 88.3 cm³/mol. The van der Waals surface area contributed by atoms with Crippen LogP contribution in [0.4, 0.5) is 0 Å². The van der Waals surface area contributed by atoms with E-state index in [2.05, 4.69) is 49.7 Å². The third kappa shape index (κ3) is 5.70. The lowest BCUT2D eigenvalue weighted by atomic mass is 10.0. The Morgan fingerprint density at radius 1 is 1.40 bits per heavy atom. The molecule has 0 aromatic heterocycles. The number of piperidine rings is 1. The number of hydrogen-bond donors (Lipinski definition) is 1. The zero-order valence-corrected chi connectivity index (χ0v) is 14.2. The summed E-state index contributed by atoms with van der Waals surface area (Å²) in [7, 11) is 0. The van der Waals surface area contributed by atoms with Crippen LogP contribution in [0.3, 0.4) is 0 Å². The van der Waals surface area contributed by atoms with Crippen LogP contribution in [0.5, 0.6) is 0 Å². The lowest BCUT2D eigenvalue weighted by Gasteiger charge is -2.33. The molecule has 0 amide bonds. The normalized spacial score (nSPS) is 20.9. The number of aliphatic imine (C=N–C) groups is 1. The molecule has 0 radical (unpaired) electrons. The number of hydrogen-bond acceptors (Lipinski definition) is 2. The molecule has 1 saturated heterocycles. The summed E-state index contributed by atoms with van der Waals surface area (Å²) in [6.45, 7) is 17.5. The van der Waals surface area contributed by atoms with Gasteiger partial charge in [0.2, 0.25) is 0 Å². The van der Waals surface area contributed by atoms with Gasteiger partial charge in [-0.25, -0.2) is 0 Å². The third-order valence-electron chi connectivity index (χ3n) is 4.08. The SMILES string of the molecule is CCNC(=NCCN(CC)C(C)C)N1CCCC(C)C1. The summed E-state index contributed by atoms with van der Waals surface area (Å²) < 4.78 is 0. The third-order valence-corrected chi connectivity index (χ3v) is 4.08. The quantitative estimate of drug-likeness (QED) is 0.599. The first-order valence-corrected chi connectivity index (χ1v) is 8.35. The number of nitrogens with zero attached hydrogens (tertiary/aromatic N) is 3. The van der Waals surface area contributed by atoms with E-state index < -0.39 is 0 Å². The highest BCUT2D eigenvalue weighted by atomic mass is 15.3. The fraction of sp³-hybridized carbons (Fsp3) is 0.938. The molecule has 20 heavy (non-hydrogen) atoms. The van der Waals surface area contributed by atoms with Gasteiger partial charge in [-0.15, -0.1) is 0 Å². The van der Waals surface area contributed by atoms with Crippen molar-refractivity contribution < 1.29 is 0 Å². The van der Waals surface area contributed by atoms with E-state index in [1.807, 2.05) is 0 Å². The standard InChI is InChI=1S/C16H34N4/c1-6-17-16(20-11-8-9-15(5)13-20)18-10-12-19(7-2)14(3)4/h14-15H,6-13H2,1-5H3,(H,17,18). The van der Waals surface area contributed by atoms with E-state index in [-0.39, 0.29) is 0 Å². The largest absolute Gasteiger partial charge is 0.357 e. The second-order valence-electron chi connectivity index (χ2n) is 6.15. The zero-order valence-electron chi connectivity index (χ0n) is 14.2. The number of guanidine groups is 1. The van der Waals surface area contributed by atoms with Crippen molar-refractivity contribution in [1.82, 2.24) is 15.1 Å². The van der Waals surface area contributed by atoms with Gasteiger partial charge in [0.25, 0.3) is 0 Å². The average Bonchev–Trinajstić information content (AvgIpc) is 2.42. The molecular weight excluding hydrogens is 248 g/mol. The van der Waals surface area contributed by atoms with Crippen LogP contribution in [0.2, 0.25) is 0 Å². The smallest absolute Gasteiger partial charge is 0.193 e. The van der Waals surface area contributed by atoms with Gasteiger partial charge in [-0.05, 0) is 46.1 Å². The first-order valence-electron chi connectivity index (χ1n) is 8.35. The van der Waals surface area contributed by atoms with Crippen LogP contribution in [0, 0.1) is 5.92 Å². The second-order valence-corrected chi connectivity index (χ2v) is 6.15. The molecule has 1 aliphatic heterocycles. The van der Waals surface area contributed by atoms with Gasteiger partial charge in [-0.3, -0.25) is 9.89 Å². The summed E-state index contributed by atoms with van der Waals surface area (Å²) in [5, 5.41) is 3.45. The van der Waals surface area contributed by atoms with E-state index in [0.717, 1.165) is 51.1 Å². The van der Waals surface area contributed by atoms with Gasteiger partial charge in [-0.2, -0.15) is 0 Å². The van der Waals surface area contributed by atoms with E-state index in [1.165, 1.54) is 12.8 Å². The van der Waals surface area contributed by atoms with Crippen molar-refractivity contribution >= 4 is 5.96 Å². The van der Waals surface area contributed by atoms with Crippen molar-refractivity contribution in [2.45, 2.75) is 53.5 Å². The Kier molecular flexibility index (Phi) is 7.97. The molecule has 0 spiro atoms. The zero-order chi connectivity index (χ0) is 15.0. The van der Waals surface area contributed by atoms with Crippen molar-refractivity contribution in [1.29, 1.82) is 0 Å². The van der Waals surface area contributed by atoms with Gasteiger partial charge in [-0.1, -0.05) is 13.8 Å². The van der Waals surface area contributed by atoms with Crippen molar-refractivity contribution in [3.63, 3.8) is 0 Å². The van der Waals surface area contributed by atoms with Gasteiger partial charge in [0.15, 0.2) is 5.96 Å². The topological polar surface area (TPSA) is 30.9 Å². The lowest BCUT2D eigenvalue weighted by molar-refractivity contribution is 0.238. The van der Waals surface area contributed by atoms with E-state index in [1.54, 1.807) is 0 Å². The molecule has 1 rings (SSSR count). The monoisotopic (exact) mass is 282 g/mol. The Morgan fingerprint density at radius 3 is 2.70 bits per heavy atom. The Balaban J connectivity index is 2.53. The summed E-state index contributed by atoms with van der Waals surface area (Å²) in [4.78, 5) is 9.73. The molecule has 0 aliphatic carbocycles. The van der Waals surface area contributed by atoms with Crippen molar-refractivity contribution in [2.24, 2.45) is 10.9 Å². The highest BCUT2D eigenvalue weighted by Gasteiger charge is 2.19. The molecular formula is C16H34N4. The minimum absolute atomic E-state index is 0.604. The molecule has 1 N–H and O–H groups in total. The summed E-state index contributed by atoms with van der Waals surface area (Å²) in [5.74, 6) is 1.90. The van der Waals surface area contributed by atoms with Crippen molar-refractivity contribution in [2.75, 3.05) is 39.3 Å². The molecule has 1 fully saturated rings. The van der Waals surface area contributed by atoms with Crippen LogP contribution in [0.1, 0.15) is 47.5 Å². The maximum atomic E-state index is 4.83. The molecule has 1 unspecified atom stereocenters. The highest BCUT2D eigenvalue weighted by Crippen LogP contribution is 2.15. The molecule has 1 heterocycles. The molecule has 118 valence electrons. The summed E-state index contributed by atoms with van der Waals surface area (Å²) in [5.41, 5.74) is 0.